The van der Waals surface area contributed by atoms with Gasteiger partial charge in [-0.25, -0.2) is 0 Å². The van der Waals surface area contributed by atoms with Gasteiger partial charge in [-0.1, -0.05) is 27.5 Å². The van der Waals surface area contributed by atoms with E-state index in [1.165, 1.54) is 0 Å². The number of halogens is 3. The minimum atomic E-state index is 0.518. The minimum absolute atomic E-state index is 0.518. The van der Waals surface area contributed by atoms with E-state index in [-0.39, 0.29) is 0 Å². The second-order valence-corrected chi connectivity index (χ2v) is 5.66. The van der Waals surface area contributed by atoms with Crippen LogP contribution >= 0.6 is 43.5 Å². The normalized spacial score (nSPS) is 10.2. The molecule has 0 amide bonds. The Morgan fingerprint density at radius 1 is 1.06 bits per heavy atom. The molecule has 0 saturated carbocycles. The Bertz CT molecular complexity index is 600. The van der Waals surface area contributed by atoms with Crippen LogP contribution in [0.1, 0.15) is 10.4 Å². The van der Waals surface area contributed by atoms with E-state index in [9.17, 15) is 4.79 Å². The van der Waals surface area contributed by atoms with Gasteiger partial charge in [0.25, 0.3) is 0 Å². The molecule has 2 rings (SSSR count). The van der Waals surface area contributed by atoms with Crippen molar-refractivity contribution in [1.82, 2.24) is 0 Å². The molecule has 2 nitrogen and oxygen atoms in total. The number of aldehydes is 1. The molecule has 0 atom stereocenters. The largest absolute Gasteiger partial charge is 0.455 e. The van der Waals surface area contributed by atoms with Gasteiger partial charge in [0.1, 0.15) is 17.8 Å². The molecule has 18 heavy (non-hydrogen) atoms. The summed E-state index contributed by atoms with van der Waals surface area (Å²) in [6.45, 7) is 0. The molecule has 0 bridgehead atoms. The van der Waals surface area contributed by atoms with Crippen molar-refractivity contribution in [2.75, 3.05) is 0 Å². The molecule has 5 heteroatoms. The van der Waals surface area contributed by atoms with E-state index in [2.05, 4.69) is 31.9 Å². The zero-order valence-electron chi connectivity index (χ0n) is 8.99. The summed E-state index contributed by atoms with van der Waals surface area (Å²) in [5.74, 6) is 1.14. The molecule has 0 N–H and O–H groups in total. The highest BCUT2D eigenvalue weighted by molar-refractivity contribution is 9.10. The Morgan fingerprint density at radius 3 is 2.50 bits per heavy atom. The first-order valence-electron chi connectivity index (χ1n) is 4.98. The van der Waals surface area contributed by atoms with Crippen LogP contribution in [0.25, 0.3) is 0 Å². The van der Waals surface area contributed by atoms with Crippen LogP contribution in [0.15, 0.2) is 45.3 Å². The van der Waals surface area contributed by atoms with Gasteiger partial charge < -0.3 is 4.74 Å². The molecule has 0 unspecified atom stereocenters. The number of hydrogen-bond acceptors (Lipinski definition) is 2. The summed E-state index contributed by atoms with van der Waals surface area (Å²) in [5.41, 5.74) is 0.578. The first kappa shape index (κ1) is 13.6. The molecule has 0 fully saturated rings. The molecule has 2 aromatic carbocycles. The Labute approximate surface area is 126 Å². The molecule has 2 aromatic rings. The molecule has 0 aliphatic carbocycles. The first-order chi connectivity index (χ1) is 8.60. The maximum absolute atomic E-state index is 10.6. The van der Waals surface area contributed by atoms with Crippen LogP contribution in [0.2, 0.25) is 5.02 Å². The second kappa shape index (κ2) is 5.87. The summed E-state index contributed by atoms with van der Waals surface area (Å²) in [6.07, 6.45) is 0.778. The van der Waals surface area contributed by atoms with Crippen LogP contribution in [0.3, 0.4) is 0 Å². The molecule has 0 spiro atoms. The van der Waals surface area contributed by atoms with Crippen molar-refractivity contribution >= 4 is 49.7 Å². The summed E-state index contributed by atoms with van der Waals surface area (Å²) >= 11 is 12.7. The van der Waals surface area contributed by atoms with Crippen LogP contribution < -0.4 is 4.74 Å². The summed E-state index contributed by atoms with van der Waals surface area (Å²) in [7, 11) is 0. The lowest BCUT2D eigenvalue weighted by Crippen LogP contribution is -1.88. The third-order valence-electron chi connectivity index (χ3n) is 2.21. The fraction of sp³-hybridized carbons (Fsp3) is 0. The maximum Gasteiger partial charge on any atom is 0.150 e. The van der Waals surface area contributed by atoms with Gasteiger partial charge in [0.15, 0.2) is 0 Å². The Hall–Kier alpha value is -0.840. The number of rotatable bonds is 3. The van der Waals surface area contributed by atoms with Crippen molar-refractivity contribution in [3.63, 3.8) is 0 Å². The van der Waals surface area contributed by atoms with Gasteiger partial charge in [0.05, 0.1) is 9.50 Å². The third-order valence-corrected chi connectivity index (χ3v) is 3.63. The standard InChI is InChI=1S/C13H7Br2ClO2/c14-9-2-3-11(16)13(6-9)18-12-4-1-8(7-17)5-10(12)15/h1-7H. The molecule has 0 saturated heterocycles. The van der Waals surface area contributed by atoms with E-state index < -0.39 is 0 Å². The summed E-state index contributed by atoms with van der Waals surface area (Å²) in [5, 5.41) is 0.518. The Morgan fingerprint density at radius 2 is 1.83 bits per heavy atom. The molecule has 0 aliphatic rings. The van der Waals surface area contributed by atoms with Crippen molar-refractivity contribution in [3.8, 4) is 11.5 Å². The van der Waals surface area contributed by atoms with Crippen LogP contribution in [-0.4, -0.2) is 6.29 Å². The van der Waals surface area contributed by atoms with Crippen molar-refractivity contribution < 1.29 is 9.53 Å². The topological polar surface area (TPSA) is 26.3 Å². The fourth-order valence-corrected chi connectivity index (χ4v) is 2.32. The SMILES string of the molecule is O=Cc1ccc(Oc2cc(Br)ccc2Cl)c(Br)c1. The van der Waals surface area contributed by atoms with Crippen LogP contribution in [0.4, 0.5) is 0 Å². The summed E-state index contributed by atoms with van der Waals surface area (Å²) in [4.78, 5) is 10.6. The Kier molecular flexibility index (Phi) is 4.43. The smallest absolute Gasteiger partial charge is 0.150 e. The van der Waals surface area contributed by atoms with Crippen molar-refractivity contribution in [2.45, 2.75) is 0 Å². The third kappa shape index (κ3) is 3.13. The average molecular weight is 390 g/mol. The minimum Gasteiger partial charge on any atom is -0.455 e. The predicted octanol–water partition coefficient (Wildman–Crippen LogP) is 5.47. The monoisotopic (exact) mass is 388 g/mol. The maximum atomic E-state index is 10.6. The lowest BCUT2D eigenvalue weighted by molar-refractivity contribution is 0.112. The quantitative estimate of drug-likeness (QED) is 0.650. The number of ether oxygens (including phenoxy) is 1. The van der Waals surface area contributed by atoms with E-state index >= 15 is 0 Å². The van der Waals surface area contributed by atoms with Gasteiger partial charge in [-0.05, 0) is 52.3 Å². The molecule has 0 radical (unpaired) electrons. The highest BCUT2D eigenvalue weighted by Gasteiger charge is 2.07. The molecule has 0 heterocycles. The molecule has 0 aromatic heterocycles. The van der Waals surface area contributed by atoms with E-state index in [1.54, 1.807) is 30.3 Å². The summed E-state index contributed by atoms with van der Waals surface area (Å²) < 4.78 is 7.27. The van der Waals surface area contributed by atoms with E-state index in [0.29, 0.717) is 26.6 Å². The van der Waals surface area contributed by atoms with Crippen LogP contribution in [0.5, 0.6) is 11.5 Å². The molecule has 92 valence electrons. The predicted molar refractivity (Wildman–Crippen MR) is 78.8 cm³/mol. The van der Waals surface area contributed by atoms with Gasteiger partial charge in [0.2, 0.25) is 0 Å². The highest BCUT2D eigenvalue weighted by atomic mass is 79.9. The van der Waals surface area contributed by atoms with Crippen molar-refractivity contribution in [1.29, 1.82) is 0 Å². The van der Waals surface area contributed by atoms with Crippen LogP contribution in [-0.2, 0) is 0 Å². The van der Waals surface area contributed by atoms with Crippen LogP contribution in [0, 0.1) is 0 Å². The second-order valence-electron chi connectivity index (χ2n) is 3.48. The first-order valence-corrected chi connectivity index (χ1v) is 6.94. The highest BCUT2D eigenvalue weighted by Crippen LogP contribution is 2.35. The number of benzene rings is 2. The van der Waals surface area contributed by atoms with Crippen molar-refractivity contribution in [2.24, 2.45) is 0 Å². The fourth-order valence-electron chi connectivity index (χ4n) is 1.35. The zero-order chi connectivity index (χ0) is 13.1. The lowest BCUT2D eigenvalue weighted by Gasteiger charge is -2.10. The molecular formula is C13H7Br2ClO2. The number of hydrogen-bond donors (Lipinski definition) is 0. The summed E-state index contributed by atoms with van der Waals surface area (Å²) in [6, 6.07) is 10.4. The van der Waals surface area contributed by atoms with E-state index in [1.807, 2.05) is 6.07 Å². The van der Waals surface area contributed by atoms with Gasteiger partial charge in [-0.2, -0.15) is 0 Å². The molecule has 0 aliphatic heterocycles. The average Bonchev–Trinajstić information content (AvgIpc) is 2.36. The van der Waals surface area contributed by atoms with Crippen molar-refractivity contribution in [3.05, 3.63) is 55.9 Å². The van der Waals surface area contributed by atoms with Gasteiger partial charge in [-0.15, -0.1) is 0 Å². The number of carbonyl (C=O) groups excluding carboxylic acids is 1. The zero-order valence-corrected chi connectivity index (χ0v) is 12.9. The Balaban J connectivity index is 2.34. The lowest BCUT2D eigenvalue weighted by atomic mass is 10.2. The van der Waals surface area contributed by atoms with Gasteiger partial charge >= 0.3 is 0 Å². The molecular weight excluding hydrogens is 383 g/mol. The number of carbonyl (C=O) groups is 1. The van der Waals surface area contributed by atoms with Gasteiger partial charge in [-0.3, -0.25) is 4.79 Å². The van der Waals surface area contributed by atoms with E-state index in [0.717, 1.165) is 10.8 Å². The van der Waals surface area contributed by atoms with Gasteiger partial charge in [0, 0.05) is 10.0 Å². The van der Waals surface area contributed by atoms with E-state index in [4.69, 9.17) is 16.3 Å².